The van der Waals surface area contributed by atoms with E-state index < -0.39 is 41.1 Å². The highest BCUT2D eigenvalue weighted by Gasteiger charge is 2.22. The highest BCUT2D eigenvalue weighted by molar-refractivity contribution is 5.82. The molecule has 4 heterocycles. The van der Waals surface area contributed by atoms with E-state index in [0.29, 0.717) is 27.8 Å². The summed E-state index contributed by atoms with van der Waals surface area (Å²) in [5.74, 6) is 0. The maximum absolute atomic E-state index is 8.12. The van der Waals surface area contributed by atoms with E-state index in [0.717, 1.165) is 117 Å². The Kier molecular flexibility index (Phi) is 17.8. The summed E-state index contributed by atoms with van der Waals surface area (Å²) in [6.07, 6.45) is 7.70. The number of hydrogen-bond acceptors (Lipinski definition) is 0. The van der Waals surface area contributed by atoms with Crippen LogP contribution in [0.1, 0.15) is 91.4 Å². The molecule has 16 rings (SSSR count). The average Bonchev–Trinajstić information content (AvgIpc) is 0.758. The van der Waals surface area contributed by atoms with E-state index in [9.17, 15) is 0 Å². The lowest BCUT2D eigenvalue weighted by molar-refractivity contribution is -0.660. The molecule has 4 heteroatoms. The first-order valence-electron chi connectivity index (χ1n) is 46.6. The zero-order valence-corrected chi connectivity index (χ0v) is 65.1. The smallest absolute Gasteiger partial charge is 0.201 e. The zero-order valence-electron chi connectivity index (χ0n) is 83.1. The molecule has 12 aromatic carbocycles. The van der Waals surface area contributed by atoms with Crippen molar-refractivity contribution < 1.29 is 42.9 Å². The Balaban J connectivity index is 0.000000148. The Hall–Kier alpha value is -12.8. The molecule has 0 N–H and O–H groups in total. The molecule has 16 aromatic rings. The number of aromatic nitrogens is 4. The minimum atomic E-state index is -2.46. The molecular formula is C108H104N4+4. The van der Waals surface area contributed by atoms with Crippen molar-refractivity contribution in [1.29, 1.82) is 0 Å². The second-order valence-electron chi connectivity index (χ2n) is 28.8. The maximum atomic E-state index is 8.12. The van der Waals surface area contributed by atoms with Gasteiger partial charge < -0.3 is 0 Å². The van der Waals surface area contributed by atoms with Gasteiger partial charge in [-0.15, -0.1) is 0 Å². The lowest BCUT2D eigenvalue weighted by Gasteiger charge is -2.13. The van der Waals surface area contributed by atoms with Crippen LogP contribution < -0.4 is 18.3 Å². The lowest BCUT2D eigenvalue weighted by atomic mass is 9.92. The summed E-state index contributed by atoms with van der Waals surface area (Å²) in [7, 11) is 7.89. The van der Waals surface area contributed by atoms with Crippen LogP contribution in [0.4, 0.5) is 0 Å². The largest absolute Gasteiger partial charge is 0.213 e. The molecule has 4 aromatic heterocycles. The standard InChI is InChI=1S/C28H28N.2C27H26N.C26H24N/c1-19-15-21(3)28(22(4)16-19)25-13-14-29(5)27(18-25)26-17-24(12-11-20(26)2)23-9-7-6-8-10-23;1-19-13-14-23(22-11-6-5-7-12-22)17-25(19)26-18-24(15-16-28(26)4)27-20(2)9-8-10-21(27)3;1-19-10-13-25(21(3)16-19)24-14-15-28(4)27(18-24)26-17-23(12-11-20(26)2)22-8-6-5-7-9-22;1-19-9-7-8-12-24(19)23-15-16-27(3)26(18-23)25-17-22(14-13-20(25)2)21-10-5-4-6-11-21/h6-18H,1-5H3;2*5-18H,1-4H3;4-18H,1-3H3/q4*+1/i3D3,4D3;2D3,3D3;3D3;1D3. The van der Waals surface area contributed by atoms with Gasteiger partial charge in [-0.3, -0.25) is 0 Å². The topological polar surface area (TPSA) is 15.5 Å². The summed E-state index contributed by atoms with van der Waals surface area (Å²) >= 11 is 0. The number of hydrogen-bond donors (Lipinski definition) is 0. The number of rotatable bonds is 12. The molecule has 0 saturated carbocycles. The maximum Gasteiger partial charge on any atom is 0.213 e. The molecule has 0 spiro atoms. The molecule has 552 valence electrons. The zero-order chi connectivity index (χ0) is 93.7. The van der Waals surface area contributed by atoms with Crippen LogP contribution in [0.15, 0.2) is 340 Å². The van der Waals surface area contributed by atoms with Crippen molar-refractivity contribution in [3.05, 3.63) is 407 Å². The third-order valence-electron chi connectivity index (χ3n) is 20.7. The highest BCUT2D eigenvalue weighted by atomic mass is 14.9. The van der Waals surface area contributed by atoms with E-state index in [1.54, 1.807) is 49.4 Å². The normalized spacial score (nSPS) is 13.9. The minimum Gasteiger partial charge on any atom is -0.201 e. The van der Waals surface area contributed by atoms with Gasteiger partial charge in [-0.25, -0.2) is 18.3 Å². The van der Waals surface area contributed by atoms with Gasteiger partial charge in [0.1, 0.15) is 28.2 Å². The van der Waals surface area contributed by atoms with Gasteiger partial charge in [0.15, 0.2) is 24.8 Å². The van der Waals surface area contributed by atoms with Gasteiger partial charge in [0.2, 0.25) is 22.8 Å². The molecule has 0 saturated heterocycles. The van der Waals surface area contributed by atoms with Crippen molar-refractivity contribution in [2.75, 3.05) is 0 Å². The predicted octanol–water partition coefficient (Wildman–Crippen LogP) is 25.7. The van der Waals surface area contributed by atoms with Crippen LogP contribution in [-0.4, -0.2) is 0 Å². The summed E-state index contributed by atoms with van der Waals surface area (Å²) in [5.41, 5.74) is 29.0. The minimum absolute atomic E-state index is 0.0377. The van der Waals surface area contributed by atoms with Crippen molar-refractivity contribution in [3.63, 3.8) is 0 Å². The predicted molar refractivity (Wildman–Crippen MR) is 473 cm³/mol. The van der Waals surface area contributed by atoms with Crippen LogP contribution >= 0.6 is 0 Å². The van der Waals surface area contributed by atoms with Gasteiger partial charge >= 0.3 is 0 Å². The SMILES string of the molecule is [2H]C([2H])([2H])c1cc(C)cc(C([2H])([2H])[2H])c1-c1cc[n+](C)c(-c2cc(-c3ccccc3)ccc2C)c1.[2H]C([2H])([2H])c1cc(C)ccc1-c1cc[n+](C)c(-c2cc(-c3ccccc3)ccc2C)c1.[2H]C([2H])([2H])c1cccc(C([2H])([2H])[2H])c1-c1cc[n+](C)c(-c2cc(-c3ccccc3)ccc2C)c1.[2H]C([2H])([2H])c1ccccc1-c1cc[n+](C)c(-c2cc(-c3ccccc3)ccc2C)c1. The van der Waals surface area contributed by atoms with E-state index in [4.69, 9.17) is 24.7 Å². The first-order chi connectivity index (χ1) is 61.4. The molecule has 4 nitrogen and oxygen atoms in total. The van der Waals surface area contributed by atoms with Gasteiger partial charge in [-0.1, -0.05) is 254 Å². The molecule has 0 radical (unpaired) electrons. The Morgan fingerprint density at radius 2 is 0.464 bits per heavy atom. The fourth-order valence-electron chi connectivity index (χ4n) is 14.4. The third kappa shape index (κ3) is 17.8. The van der Waals surface area contributed by atoms with E-state index in [1.807, 2.05) is 204 Å². The number of pyridine rings is 4. The molecule has 0 aliphatic rings. The van der Waals surface area contributed by atoms with Gasteiger partial charge in [0.05, 0.1) is 0 Å². The van der Waals surface area contributed by atoms with Crippen molar-refractivity contribution >= 4 is 0 Å². The monoisotopic (exact) mass is 1470 g/mol. The molecule has 0 aliphatic heterocycles. The molecule has 0 fully saturated rings. The number of benzene rings is 12. The van der Waals surface area contributed by atoms with E-state index in [2.05, 4.69) is 156 Å². The van der Waals surface area contributed by atoms with Crippen LogP contribution in [0.2, 0.25) is 0 Å². The third-order valence-corrected chi connectivity index (χ3v) is 20.7. The second-order valence-corrected chi connectivity index (χ2v) is 28.8. The molecule has 0 aliphatic carbocycles. The molecule has 0 unspecified atom stereocenters. The fraction of sp³-hybridized carbons (Fsp3) is 0.148. The summed E-state index contributed by atoms with van der Waals surface area (Å²) < 4.78 is 153. The highest BCUT2D eigenvalue weighted by Crippen LogP contribution is 2.38. The van der Waals surface area contributed by atoms with Gasteiger partial charge in [-0.2, -0.15) is 0 Å². The summed E-state index contributed by atoms with van der Waals surface area (Å²) in [5, 5.41) is 0. The number of nitrogens with zero attached hydrogens (tertiary/aromatic N) is 4. The lowest BCUT2D eigenvalue weighted by Crippen LogP contribution is -2.30. The number of aryl methyl sites for hydroxylation is 16. The van der Waals surface area contributed by atoms with E-state index in [1.165, 1.54) is 40.5 Å². The van der Waals surface area contributed by atoms with Crippen molar-refractivity contribution in [1.82, 2.24) is 0 Å². The second kappa shape index (κ2) is 34.9. The van der Waals surface area contributed by atoms with Crippen LogP contribution in [0.3, 0.4) is 0 Å². The van der Waals surface area contributed by atoms with Crippen molar-refractivity contribution in [2.24, 2.45) is 28.2 Å². The van der Waals surface area contributed by atoms with Crippen LogP contribution in [0.25, 0.3) is 134 Å². The first-order valence-corrected chi connectivity index (χ1v) is 37.6. The van der Waals surface area contributed by atoms with Crippen LogP contribution in [0.5, 0.6) is 0 Å². The Bertz CT molecular complexity index is 6720. The van der Waals surface area contributed by atoms with Crippen molar-refractivity contribution in [2.45, 2.75) is 82.7 Å². The first kappa shape index (κ1) is 57.3. The Morgan fingerprint density at radius 3 is 0.812 bits per heavy atom. The van der Waals surface area contributed by atoms with E-state index >= 15 is 0 Å². The summed E-state index contributed by atoms with van der Waals surface area (Å²) in [4.78, 5) is 0. The van der Waals surface area contributed by atoms with Gasteiger partial charge in [0, 0.05) is 95.5 Å². The molecule has 0 amide bonds. The summed E-state index contributed by atoms with van der Waals surface area (Å²) in [6, 6.07) is 102. The van der Waals surface area contributed by atoms with Gasteiger partial charge in [0.25, 0.3) is 0 Å². The molecule has 0 bridgehead atoms. The molecule has 0 atom stereocenters. The Morgan fingerprint density at radius 1 is 0.179 bits per heavy atom. The molecular weight excluding hydrogens is 1350 g/mol. The quantitative estimate of drug-likeness (QED) is 0.108. The fourth-order valence-corrected chi connectivity index (χ4v) is 14.4. The van der Waals surface area contributed by atoms with Crippen LogP contribution in [-0.2, 0) is 28.2 Å². The van der Waals surface area contributed by atoms with Crippen LogP contribution in [0, 0.1) is 82.7 Å². The Labute approximate surface area is 691 Å². The summed E-state index contributed by atoms with van der Waals surface area (Å²) in [6.45, 7) is -2.20. The van der Waals surface area contributed by atoms with Crippen molar-refractivity contribution in [3.8, 4) is 134 Å². The average molecular weight is 1480 g/mol. The molecule has 112 heavy (non-hydrogen) atoms. The van der Waals surface area contributed by atoms with Gasteiger partial charge in [-0.05, 0) is 252 Å². The van der Waals surface area contributed by atoms with E-state index in [-0.39, 0.29) is 33.4 Å².